The van der Waals surface area contributed by atoms with Gasteiger partial charge in [-0.05, 0) is 30.5 Å². The van der Waals surface area contributed by atoms with Crippen molar-refractivity contribution in [3.8, 4) is 5.88 Å². The summed E-state index contributed by atoms with van der Waals surface area (Å²) in [5.74, 6) is 0.583. The van der Waals surface area contributed by atoms with Gasteiger partial charge in [-0.3, -0.25) is 4.79 Å². The fourth-order valence-electron chi connectivity index (χ4n) is 4.24. The quantitative estimate of drug-likeness (QED) is 0.607. The van der Waals surface area contributed by atoms with Crippen molar-refractivity contribution in [1.82, 2.24) is 15.3 Å². The number of halogens is 1. The molecule has 5 rings (SSSR count). The summed E-state index contributed by atoms with van der Waals surface area (Å²) in [4.78, 5) is 29.7. The van der Waals surface area contributed by atoms with E-state index >= 15 is 0 Å². The standard InChI is InChI=1S/C23H22FN5O2S2/c1-14-18(24)20(31-2)27-21(25-14)29-11-16-12-33-22(26-19(30)15-7-4-3-5-8-15)28-23(16,13-29)17-9-6-10-32-17/h3-10,16H,11-13H2,1-2H3,(H,26,28,30)/t16-,23-/m0/s1. The Hall–Kier alpha value is -2.98. The van der Waals surface area contributed by atoms with Gasteiger partial charge in [0.1, 0.15) is 5.54 Å². The van der Waals surface area contributed by atoms with E-state index in [2.05, 4.69) is 21.4 Å². The van der Waals surface area contributed by atoms with E-state index in [0.29, 0.717) is 29.8 Å². The van der Waals surface area contributed by atoms with E-state index in [1.807, 2.05) is 34.5 Å². The number of aliphatic imine (C=N–C) groups is 1. The molecular formula is C23H22FN5O2S2. The van der Waals surface area contributed by atoms with E-state index in [4.69, 9.17) is 9.73 Å². The maximum atomic E-state index is 14.2. The van der Waals surface area contributed by atoms with Crippen molar-refractivity contribution in [3.63, 3.8) is 0 Å². The Bertz CT molecular complexity index is 1210. The predicted octanol–water partition coefficient (Wildman–Crippen LogP) is 3.86. The van der Waals surface area contributed by atoms with Crippen molar-refractivity contribution in [3.05, 3.63) is 69.8 Å². The van der Waals surface area contributed by atoms with Gasteiger partial charge in [-0.25, -0.2) is 9.98 Å². The molecule has 0 aliphatic carbocycles. The number of carbonyl (C=O) groups excluding carboxylic acids is 1. The van der Waals surface area contributed by atoms with Crippen molar-refractivity contribution in [2.45, 2.75) is 12.5 Å². The second-order valence-corrected chi connectivity index (χ2v) is 9.92. The lowest BCUT2D eigenvalue weighted by atomic mass is 9.87. The average Bonchev–Trinajstić information content (AvgIpc) is 3.50. The highest BCUT2D eigenvalue weighted by molar-refractivity contribution is 8.13. The number of amides is 1. The summed E-state index contributed by atoms with van der Waals surface area (Å²) in [6.07, 6.45) is 0. The molecule has 2 atom stereocenters. The molecule has 1 fully saturated rings. The first kappa shape index (κ1) is 21.8. The van der Waals surface area contributed by atoms with Crippen LogP contribution in [0, 0.1) is 18.7 Å². The lowest BCUT2D eigenvalue weighted by Crippen LogP contribution is -2.42. The molecule has 0 saturated carbocycles. The highest BCUT2D eigenvalue weighted by Gasteiger charge is 2.52. The lowest BCUT2D eigenvalue weighted by molar-refractivity contribution is 0.0977. The number of hydrogen-bond acceptors (Lipinski definition) is 8. The Balaban J connectivity index is 1.49. The molecule has 0 unspecified atom stereocenters. The first-order chi connectivity index (χ1) is 16.0. The first-order valence-electron chi connectivity index (χ1n) is 10.5. The number of thiophene rings is 1. The Morgan fingerprint density at radius 1 is 1.24 bits per heavy atom. The van der Waals surface area contributed by atoms with Gasteiger partial charge in [0.05, 0.1) is 19.3 Å². The number of ether oxygens (including phenoxy) is 1. The molecule has 3 aromatic rings. The lowest BCUT2D eigenvalue weighted by Gasteiger charge is -2.34. The van der Waals surface area contributed by atoms with Crippen LogP contribution in [-0.2, 0) is 5.54 Å². The minimum absolute atomic E-state index is 0.0637. The van der Waals surface area contributed by atoms with Crippen molar-refractivity contribution < 1.29 is 13.9 Å². The summed E-state index contributed by atoms with van der Waals surface area (Å²) in [5, 5.41) is 5.62. The van der Waals surface area contributed by atoms with Crippen molar-refractivity contribution in [1.29, 1.82) is 0 Å². The van der Waals surface area contributed by atoms with Crippen LogP contribution in [0.5, 0.6) is 5.88 Å². The Morgan fingerprint density at radius 3 is 2.79 bits per heavy atom. The number of thioether (sulfide) groups is 1. The van der Waals surface area contributed by atoms with E-state index in [-0.39, 0.29) is 23.4 Å². The van der Waals surface area contributed by atoms with Crippen LogP contribution in [0.2, 0.25) is 0 Å². The van der Waals surface area contributed by atoms with Crippen LogP contribution in [0.25, 0.3) is 0 Å². The Labute approximate surface area is 199 Å². The number of aryl methyl sites for hydroxylation is 1. The molecule has 2 aliphatic heterocycles. The third-order valence-corrected chi connectivity index (χ3v) is 8.00. The molecule has 33 heavy (non-hydrogen) atoms. The van der Waals surface area contributed by atoms with E-state index < -0.39 is 11.4 Å². The first-order valence-corrected chi connectivity index (χ1v) is 12.3. The number of carbonyl (C=O) groups is 1. The van der Waals surface area contributed by atoms with E-state index in [1.165, 1.54) is 18.9 Å². The van der Waals surface area contributed by atoms with Gasteiger partial charge in [0.2, 0.25) is 11.8 Å². The van der Waals surface area contributed by atoms with Gasteiger partial charge in [0.25, 0.3) is 11.8 Å². The summed E-state index contributed by atoms with van der Waals surface area (Å²) >= 11 is 3.18. The number of nitrogens with one attached hydrogen (secondary N) is 1. The van der Waals surface area contributed by atoms with Crippen LogP contribution in [0.15, 0.2) is 52.8 Å². The van der Waals surface area contributed by atoms with Crippen LogP contribution < -0.4 is 15.0 Å². The fourth-order valence-corrected chi connectivity index (χ4v) is 6.32. The molecule has 2 aliphatic rings. The van der Waals surface area contributed by atoms with E-state index in [9.17, 15) is 9.18 Å². The van der Waals surface area contributed by atoms with Crippen molar-refractivity contribution >= 4 is 40.1 Å². The van der Waals surface area contributed by atoms with Crippen LogP contribution in [0.4, 0.5) is 10.3 Å². The summed E-state index contributed by atoms with van der Waals surface area (Å²) in [7, 11) is 1.40. The summed E-state index contributed by atoms with van der Waals surface area (Å²) in [6, 6.07) is 13.2. The molecule has 10 heteroatoms. The molecule has 1 saturated heterocycles. The molecule has 1 amide bonds. The summed E-state index contributed by atoms with van der Waals surface area (Å²) in [6.45, 7) is 2.80. The molecular weight excluding hydrogens is 461 g/mol. The van der Waals surface area contributed by atoms with E-state index in [1.54, 1.807) is 30.4 Å². The monoisotopic (exact) mass is 483 g/mol. The maximum Gasteiger partial charge on any atom is 0.257 e. The van der Waals surface area contributed by atoms with E-state index in [0.717, 1.165) is 10.6 Å². The summed E-state index contributed by atoms with van der Waals surface area (Å²) < 4.78 is 19.4. The molecule has 170 valence electrons. The SMILES string of the molecule is COc1nc(N2C[C@H]3CSC(NC(=O)c4ccccc4)=N[C@@]3(c3cccs3)C2)nc(C)c1F. The third-order valence-electron chi connectivity index (χ3n) is 5.93. The smallest absolute Gasteiger partial charge is 0.257 e. The number of methoxy groups -OCH3 is 1. The van der Waals surface area contributed by atoms with Gasteiger partial charge >= 0.3 is 0 Å². The predicted molar refractivity (Wildman–Crippen MR) is 129 cm³/mol. The largest absolute Gasteiger partial charge is 0.479 e. The molecule has 0 spiro atoms. The van der Waals surface area contributed by atoms with Crippen LogP contribution in [0.3, 0.4) is 0 Å². The van der Waals surface area contributed by atoms with Gasteiger partial charge in [0.15, 0.2) is 5.17 Å². The molecule has 1 aromatic carbocycles. The third kappa shape index (κ3) is 3.97. The zero-order chi connectivity index (χ0) is 23.0. The zero-order valence-corrected chi connectivity index (χ0v) is 19.8. The van der Waals surface area contributed by atoms with Gasteiger partial charge < -0.3 is 15.0 Å². The topological polar surface area (TPSA) is 79.7 Å². The zero-order valence-electron chi connectivity index (χ0n) is 18.1. The summed E-state index contributed by atoms with van der Waals surface area (Å²) in [5.41, 5.74) is 0.284. The number of rotatable bonds is 4. The van der Waals surface area contributed by atoms with Gasteiger partial charge in [-0.15, -0.1) is 11.3 Å². The molecule has 0 bridgehead atoms. The van der Waals surface area contributed by atoms with Gasteiger partial charge in [-0.1, -0.05) is 36.0 Å². The van der Waals surface area contributed by atoms with Crippen LogP contribution in [0.1, 0.15) is 20.9 Å². The molecule has 2 aromatic heterocycles. The molecule has 1 N–H and O–H groups in total. The highest BCUT2D eigenvalue weighted by Crippen LogP contribution is 2.47. The molecule has 4 heterocycles. The number of anilines is 1. The Morgan fingerprint density at radius 2 is 2.06 bits per heavy atom. The maximum absolute atomic E-state index is 14.2. The van der Waals surface area contributed by atoms with Gasteiger partial charge in [-0.2, -0.15) is 9.37 Å². The number of nitrogens with zero attached hydrogens (tertiary/aromatic N) is 4. The number of aromatic nitrogens is 2. The number of benzene rings is 1. The Kier molecular flexibility index (Phi) is 5.79. The van der Waals surface area contributed by atoms with Crippen molar-refractivity contribution in [2.75, 3.05) is 30.9 Å². The minimum Gasteiger partial charge on any atom is -0.479 e. The molecule has 0 radical (unpaired) electrons. The van der Waals surface area contributed by atoms with Crippen molar-refractivity contribution in [2.24, 2.45) is 10.9 Å². The van der Waals surface area contributed by atoms with Gasteiger partial charge in [0, 0.05) is 28.7 Å². The second kappa shape index (κ2) is 8.75. The normalized spacial score (nSPS) is 22.0. The van der Waals surface area contributed by atoms with Crippen LogP contribution in [-0.4, -0.2) is 47.0 Å². The average molecular weight is 484 g/mol. The minimum atomic E-state index is -0.551. The second-order valence-electron chi connectivity index (χ2n) is 7.96. The molecule has 7 nitrogen and oxygen atoms in total. The number of fused-ring (bicyclic) bond motifs is 1. The highest BCUT2D eigenvalue weighted by atomic mass is 32.2. The van der Waals surface area contributed by atoms with Crippen LogP contribution >= 0.6 is 23.1 Å². The fraction of sp³-hybridized carbons (Fsp3) is 0.304. The number of hydrogen-bond donors (Lipinski definition) is 1. The number of amidine groups is 1.